The molecule has 0 bridgehead atoms. The minimum atomic E-state index is 0.487. The molecule has 2 nitrogen and oxygen atoms in total. The Bertz CT molecular complexity index is 552. The van der Waals surface area contributed by atoms with Gasteiger partial charge in [0.1, 0.15) is 12.4 Å². The lowest BCUT2D eigenvalue weighted by atomic mass is 10.1. The van der Waals surface area contributed by atoms with Crippen molar-refractivity contribution in [1.82, 2.24) is 0 Å². The highest BCUT2D eigenvalue weighted by atomic mass is 16.5. The summed E-state index contributed by atoms with van der Waals surface area (Å²) in [7, 11) is 0. The van der Waals surface area contributed by atoms with Crippen LogP contribution in [0.5, 0.6) is 5.75 Å². The van der Waals surface area contributed by atoms with Gasteiger partial charge in [0.2, 0.25) is 0 Å². The van der Waals surface area contributed by atoms with Gasteiger partial charge in [0.05, 0.1) is 11.6 Å². The van der Waals surface area contributed by atoms with Gasteiger partial charge in [0.25, 0.3) is 0 Å². The number of hydrogen-bond donors (Lipinski definition) is 0. The molecule has 0 heterocycles. The Hall–Kier alpha value is -2.27. The molecule has 0 aliphatic rings. The van der Waals surface area contributed by atoms with Crippen molar-refractivity contribution in [2.45, 2.75) is 20.0 Å². The van der Waals surface area contributed by atoms with E-state index in [9.17, 15) is 0 Å². The topological polar surface area (TPSA) is 33.0 Å². The van der Waals surface area contributed by atoms with Gasteiger partial charge in [-0.15, -0.1) is 0 Å². The lowest BCUT2D eigenvalue weighted by molar-refractivity contribution is 0.306. The Morgan fingerprint density at radius 3 is 2.50 bits per heavy atom. The number of nitriles is 1. The predicted molar refractivity (Wildman–Crippen MR) is 71.3 cm³/mol. The fraction of sp³-hybridized carbons (Fsp3) is 0.188. The van der Waals surface area contributed by atoms with Gasteiger partial charge >= 0.3 is 0 Å². The summed E-state index contributed by atoms with van der Waals surface area (Å²) in [5, 5.41) is 8.81. The van der Waals surface area contributed by atoms with Gasteiger partial charge in [-0.25, -0.2) is 0 Å². The first kappa shape index (κ1) is 12.2. The maximum atomic E-state index is 8.81. The predicted octanol–water partition coefficient (Wildman–Crippen LogP) is 3.70. The van der Waals surface area contributed by atoms with Gasteiger partial charge in [-0.3, -0.25) is 0 Å². The molecule has 2 aromatic carbocycles. The van der Waals surface area contributed by atoms with Gasteiger partial charge in [-0.05, 0) is 41.8 Å². The Morgan fingerprint density at radius 1 is 1.06 bits per heavy atom. The SMILES string of the molecule is CCc1ccc(OCc2cccc(C#N)c2)cc1. The van der Waals surface area contributed by atoms with E-state index in [2.05, 4.69) is 25.1 Å². The van der Waals surface area contributed by atoms with Crippen molar-refractivity contribution in [3.8, 4) is 11.8 Å². The normalized spacial score (nSPS) is 9.78. The zero-order valence-electron chi connectivity index (χ0n) is 10.4. The first-order valence-electron chi connectivity index (χ1n) is 6.02. The number of aryl methyl sites for hydroxylation is 1. The Balaban J connectivity index is 2.00. The Labute approximate surface area is 107 Å². The van der Waals surface area contributed by atoms with E-state index in [4.69, 9.17) is 10.00 Å². The monoisotopic (exact) mass is 237 g/mol. The van der Waals surface area contributed by atoms with Crippen LogP contribution in [0.3, 0.4) is 0 Å². The third kappa shape index (κ3) is 3.11. The van der Waals surface area contributed by atoms with Gasteiger partial charge in [0, 0.05) is 0 Å². The molecule has 0 amide bonds. The van der Waals surface area contributed by atoms with E-state index in [0.29, 0.717) is 12.2 Å². The fourth-order valence-corrected chi connectivity index (χ4v) is 1.72. The summed E-state index contributed by atoms with van der Waals surface area (Å²) in [4.78, 5) is 0. The summed E-state index contributed by atoms with van der Waals surface area (Å²) in [6, 6.07) is 17.7. The lowest BCUT2D eigenvalue weighted by Gasteiger charge is -2.07. The molecule has 0 fully saturated rings. The zero-order chi connectivity index (χ0) is 12.8. The number of rotatable bonds is 4. The van der Waals surface area contributed by atoms with Crippen LogP contribution >= 0.6 is 0 Å². The van der Waals surface area contributed by atoms with Crippen molar-refractivity contribution < 1.29 is 4.74 Å². The van der Waals surface area contributed by atoms with Crippen LogP contribution in [0.4, 0.5) is 0 Å². The molecule has 0 N–H and O–H groups in total. The lowest BCUT2D eigenvalue weighted by Crippen LogP contribution is -1.95. The summed E-state index contributed by atoms with van der Waals surface area (Å²) in [5.41, 5.74) is 2.97. The largest absolute Gasteiger partial charge is 0.489 e. The molecular formula is C16H15NO. The maximum absolute atomic E-state index is 8.81. The van der Waals surface area contributed by atoms with E-state index in [0.717, 1.165) is 17.7 Å². The van der Waals surface area contributed by atoms with Crippen molar-refractivity contribution in [3.05, 3.63) is 65.2 Å². The summed E-state index contributed by atoms with van der Waals surface area (Å²) in [6.45, 7) is 2.62. The minimum Gasteiger partial charge on any atom is -0.489 e. The molecule has 0 aliphatic carbocycles. The molecular weight excluding hydrogens is 222 g/mol. The average Bonchev–Trinajstić information content (AvgIpc) is 2.46. The Morgan fingerprint density at radius 2 is 1.83 bits per heavy atom. The molecule has 0 aromatic heterocycles. The minimum absolute atomic E-state index is 0.487. The second kappa shape index (κ2) is 5.88. The van der Waals surface area contributed by atoms with Gasteiger partial charge in [-0.1, -0.05) is 31.2 Å². The molecule has 0 saturated heterocycles. The molecule has 0 aliphatic heterocycles. The van der Waals surface area contributed by atoms with Crippen molar-refractivity contribution in [1.29, 1.82) is 5.26 Å². The molecule has 90 valence electrons. The van der Waals surface area contributed by atoms with Crippen LogP contribution in [-0.4, -0.2) is 0 Å². The van der Waals surface area contributed by atoms with Gasteiger partial charge in [-0.2, -0.15) is 5.26 Å². The number of hydrogen-bond acceptors (Lipinski definition) is 2. The fourth-order valence-electron chi connectivity index (χ4n) is 1.72. The molecule has 2 aromatic rings. The van der Waals surface area contributed by atoms with Crippen LogP contribution in [-0.2, 0) is 13.0 Å². The Kier molecular flexibility index (Phi) is 3.98. The quantitative estimate of drug-likeness (QED) is 0.812. The highest BCUT2D eigenvalue weighted by Gasteiger charge is 1.98. The molecule has 2 rings (SSSR count). The molecule has 0 atom stereocenters. The standard InChI is InChI=1S/C16H15NO/c1-2-13-6-8-16(9-7-13)18-12-15-5-3-4-14(10-15)11-17/h3-10H,2,12H2,1H3. The highest BCUT2D eigenvalue weighted by molar-refractivity contribution is 5.33. The number of benzene rings is 2. The van der Waals surface area contributed by atoms with Crippen molar-refractivity contribution >= 4 is 0 Å². The van der Waals surface area contributed by atoms with Gasteiger partial charge < -0.3 is 4.74 Å². The summed E-state index contributed by atoms with van der Waals surface area (Å²) in [5.74, 6) is 0.856. The third-order valence-corrected chi connectivity index (χ3v) is 2.79. The molecule has 0 radical (unpaired) electrons. The van der Waals surface area contributed by atoms with Crippen LogP contribution in [0.15, 0.2) is 48.5 Å². The smallest absolute Gasteiger partial charge is 0.119 e. The molecule has 18 heavy (non-hydrogen) atoms. The molecule has 0 unspecified atom stereocenters. The van der Waals surface area contributed by atoms with E-state index in [1.165, 1.54) is 5.56 Å². The van der Waals surface area contributed by atoms with Crippen LogP contribution in [0.25, 0.3) is 0 Å². The first-order chi connectivity index (χ1) is 8.81. The van der Waals surface area contributed by atoms with E-state index >= 15 is 0 Å². The maximum Gasteiger partial charge on any atom is 0.119 e. The molecule has 0 saturated carbocycles. The third-order valence-electron chi connectivity index (χ3n) is 2.79. The second-order valence-corrected chi connectivity index (χ2v) is 4.10. The first-order valence-corrected chi connectivity index (χ1v) is 6.02. The van der Waals surface area contributed by atoms with E-state index < -0.39 is 0 Å². The van der Waals surface area contributed by atoms with Crippen LogP contribution in [0.1, 0.15) is 23.6 Å². The average molecular weight is 237 g/mol. The van der Waals surface area contributed by atoms with Crippen LogP contribution < -0.4 is 4.74 Å². The molecule has 2 heteroatoms. The van der Waals surface area contributed by atoms with Gasteiger partial charge in [0.15, 0.2) is 0 Å². The van der Waals surface area contributed by atoms with Crippen LogP contribution in [0.2, 0.25) is 0 Å². The zero-order valence-corrected chi connectivity index (χ0v) is 10.4. The highest BCUT2D eigenvalue weighted by Crippen LogP contribution is 2.15. The van der Waals surface area contributed by atoms with Crippen LogP contribution in [0, 0.1) is 11.3 Å². The molecule has 0 spiro atoms. The van der Waals surface area contributed by atoms with E-state index in [1.807, 2.05) is 30.3 Å². The summed E-state index contributed by atoms with van der Waals surface area (Å²) < 4.78 is 5.68. The van der Waals surface area contributed by atoms with E-state index in [1.54, 1.807) is 6.07 Å². The summed E-state index contributed by atoms with van der Waals surface area (Å²) >= 11 is 0. The van der Waals surface area contributed by atoms with E-state index in [-0.39, 0.29) is 0 Å². The second-order valence-electron chi connectivity index (χ2n) is 4.10. The van der Waals surface area contributed by atoms with Crippen molar-refractivity contribution in [3.63, 3.8) is 0 Å². The summed E-state index contributed by atoms with van der Waals surface area (Å²) in [6.07, 6.45) is 1.03. The number of nitrogens with zero attached hydrogens (tertiary/aromatic N) is 1. The van der Waals surface area contributed by atoms with Crippen molar-refractivity contribution in [2.24, 2.45) is 0 Å². The van der Waals surface area contributed by atoms with Crippen molar-refractivity contribution in [2.75, 3.05) is 0 Å². The number of ether oxygens (including phenoxy) is 1.